The van der Waals surface area contributed by atoms with Crippen molar-refractivity contribution in [2.24, 2.45) is 0 Å². The molecule has 5 heteroatoms. The van der Waals surface area contributed by atoms with Crippen LogP contribution in [0, 0.1) is 0 Å². The van der Waals surface area contributed by atoms with Gasteiger partial charge in [-0.1, -0.05) is 37.3 Å². The van der Waals surface area contributed by atoms with Crippen molar-refractivity contribution < 1.29 is 9.26 Å². The zero-order valence-electron chi connectivity index (χ0n) is 14.4. The molecular formula is C20H22N2O2Si. The monoisotopic (exact) mass is 350 g/mol. The van der Waals surface area contributed by atoms with Gasteiger partial charge in [0.2, 0.25) is 5.91 Å². The molecule has 4 nitrogen and oxygen atoms in total. The lowest BCUT2D eigenvalue weighted by atomic mass is 10.1. The zero-order valence-corrected chi connectivity index (χ0v) is 15.4. The van der Waals surface area contributed by atoms with Crippen molar-refractivity contribution in [3.63, 3.8) is 0 Å². The van der Waals surface area contributed by atoms with E-state index in [0.717, 1.165) is 17.5 Å². The lowest BCUT2D eigenvalue weighted by Gasteiger charge is -2.28. The molecule has 2 aromatic rings. The van der Waals surface area contributed by atoms with Crippen LogP contribution in [0.4, 0.5) is 0 Å². The number of rotatable bonds is 6. The maximum absolute atomic E-state index is 13.0. The Morgan fingerprint density at radius 3 is 2.40 bits per heavy atom. The average Bonchev–Trinajstić information content (AvgIpc) is 3.07. The van der Waals surface area contributed by atoms with Crippen molar-refractivity contribution in [3.8, 4) is 0 Å². The molecule has 128 valence electrons. The fraction of sp³-hybridized carbons (Fsp3) is 0.300. The second kappa shape index (κ2) is 8.12. The number of hydrogen-bond donors (Lipinski definition) is 0. The normalized spacial score (nSPS) is 16.2. The highest BCUT2D eigenvalue weighted by atomic mass is 28.3. The van der Waals surface area contributed by atoms with E-state index < -0.39 is 8.68 Å². The van der Waals surface area contributed by atoms with Gasteiger partial charge in [-0.15, -0.1) is 0 Å². The third-order valence-electron chi connectivity index (χ3n) is 4.52. The van der Waals surface area contributed by atoms with Crippen LogP contribution >= 0.6 is 0 Å². The van der Waals surface area contributed by atoms with Crippen LogP contribution < -0.4 is 0 Å². The van der Waals surface area contributed by atoms with Gasteiger partial charge < -0.3 is 9.36 Å². The molecular weight excluding hydrogens is 328 g/mol. The van der Waals surface area contributed by atoms with Crippen molar-refractivity contribution in [3.05, 3.63) is 77.3 Å². The number of pyridine rings is 1. The van der Waals surface area contributed by atoms with Crippen LogP contribution in [0.15, 0.2) is 60.6 Å². The van der Waals surface area contributed by atoms with E-state index in [-0.39, 0.29) is 11.9 Å². The number of benzene rings is 1. The molecule has 1 amide bonds. The van der Waals surface area contributed by atoms with Crippen molar-refractivity contribution >= 4 is 14.6 Å². The van der Waals surface area contributed by atoms with E-state index in [1.54, 1.807) is 18.1 Å². The standard InChI is InChI=1S/C20H22N2O2Si/c1-2-16-3-5-17(6-4-16)13-20(23)22(19-9-12-25(24)15-19)14-18-7-10-21-11-8-18/h3-12,19H,2,13-15H2,1H3. The van der Waals surface area contributed by atoms with Crippen molar-refractivity contribution in [1.29, 1.82) is 0 Å². The third-order valence-corrected chi connectivity index (χ3v) is 5.91. The van der Waals surface area contributed by atoms with E-state index in [0.29, 0.717) is 19.0 Å². The molecule has 0 fully saturated rings. The molecule has 25 heavy (non-hydrogen) atoms. The molecule has 1 aromatic heterocycles. The Morgan fingerprint density at radius 1 is 1.12 bits per heavy atom. The van der Waals surface area contributed by atoms with Crippen LogP contribution in [0.3, 0.4) is 0 Å². The first-order valence-electron chi connectivity index (χ1n) is 8.63. The highest BCUT2D eigenvalue weighted by molar-refractivity contribution is 6.50. The van der Waals surface area contributed by atoms with E-state index in [1.165, 1.54) is 5.56 Å². The molecule has 0 spiro atoms. The van der Waals surface area contributed by atoms with Gasteiger partial charge in [-0.3, -0.25) is 9.78 Å². The summed E-state index contributed by atoms with van der Waals surface area (Å²) in [7, 11) is -1.69. The minimum absolute atomic E-state index is 0.0624. The maximum Gasteiger partial charge on any atom is 0.306 e. The fourth-order valence-electron chi connectivity index (χ4n) is 3.02. The number of aryl methyl sites for hydroxylation is 1. The number of hydrogen-bond acceptors (Lipinski definition) is 3. The largest absolute Gasteiger partial charge is 0.383 e. The summed E-state index contributed by atoms with van der Waals surface area (Å²) in [5, 5.41) is 0. The van der Waals surface area contributed by atoms with Gasteiger partial charge in [-0.2, -0.15) is 0 Å². The van der Waals surface area contributed by atoms with E-state index in [2.05, 4.69) is 24.0 Å². The van der Waals surface area contributed by atoms with Crippen molar-refractivity contribution in [1.82, 2.24) is 9.88 Å². The first-order chi connectivity index (χ1) is 12.2. The summed E-state index contributed by atoms with van der Waals surface area (Å²) in [6.45, 7) is 2.63. The number of amides is 1. The lowest BCUT2D eigenvalue weighted by Crippen LogP contribution is -2.39. The van der Waals surface area contributed by atoms with Crippen LogP contribution in [0.2, 0.25) is 6.04 Å². The smallest absolute Gasteiger partial charge is 0.306 e. The third kappa shape index (κ3) is 4.57. The average molecular weight is 350 g/mol. The van der Waals surface area contributed by atoms with Gasteiger partial charge in [0.15, 0.2) is 0 Å². The molecule has 3 rings (SSSR count). The van der Waals surface area contributed by atoms with Crippen LogP contribution in [0.25, 0.3) is 0 Å². The summed E-state index contributed by atoms with van der Waals surface area (Å²) >= 11 is 0. The summed E-state index contributed by atoms with van der Waals surface area (Å²) in [5.74, 6) is 0.0624. The van der Waals surface area contributed by atoms with Gasteiger partial charge in [0.1, 0.15) is 0 Å². The maximum atomic E-state index is 13.0. The molecule has 0 radical (unpaired) electrons. The van der Waals surface area contributed by atoms with Crippen LogP contribution in [-0.4, -0.2) is 30.5 Å². The Balaban J connectivity index is 1.76. The van der Waals surface area contributed by atoms with Crippen LogP contribution in [0.5, 0.6) is 0 Å². The summed E-state index contributed by atoms with van der Waals surface area (Å²) in [6.07, 6.45) is 6.73. The van der Waals surface area contributed by atoms with Crippen molar-refractivity contribution in [2.45, 2.75) is 38.4 Å². The lowest BCUT2D eigenvalue weighted by molar-refractivity contribution is -0.132. The molecule has 1 atom stereocenters. The zero-order chi connectivity index (χ0) is 17.6. The second-order valence-corrected chi connectivity index (χ2v) is 8.00. The Bertz CT molecular complexity index is 772. The fourth-order valence-corrected chi connectivity index (χ4v) is 4.36. The molecule has 1 aliphatic heterocycles. The van der Waals surface area contributed by atoms with E-state index >= 15 is 0 Å². The van der Waals surface area contributed by atoms with E-state index in [9.17, 15) is 9.26 Å². The van der Waals surface area contributed by atoms with Gasteiger partial charge in [0.05, 0.1) is 12.5 Å². The SMILES string of the molecule is CCc1ccc(CC(=O)N(Cc2ccncc2)C2C=C[Si](=O)C2)cc1. The molecule has 0 saturated carbocycles. The van der Waals surface area contributed by atoms with Gasteiger partial charge in [-0.05, 0) is 40.9 Å². The Labute approximate surface area is 149 Å². The molecule has 0 saturated heterocycles. The molecule has 1 aromatic carbocycles. The Hall–Kier alpha value is -2.40. The molecule has 1 unspecified atom stereocenters. The van der Waals surface area contributed by atoms with E-state index in [1.807, 2.05) is 35.2 Å². The number of aromatic nitrogens is 1. The summed E-state index contributed by atoms with van der Waals surface area (Å²) in [4.78, 5) is 18.8. The molecule has 0 aliphatic carbocycles. The van der Waals surface area contributed by atoms with Crippen LogP contribution in [-0.2, 0) is 28.6 Å². The van der Waals surface area contributed by atoms with Gasteiger partial charge in [-0.25, -0.2) is 0 Å². The predicted molar refractivity (Wildman–Crippen MR) is 98.5 cm³/mol. The number of carbonyl (C=O) groups excluding carboxylic acids is 1. The molecule has 0 bridgehead atoms. The molecule has 1 aliphatic rings. The summed E-state index contributed by atoms with van der Waals surface area (Å²) < 4.78 is 11.8. The van der Waals surface area contributed by atoms with Crippen LogP contribution in [0.1, 0.15) is 23.6 Å². The Morgan fingerprint density at radius 2 is 1.80 bits per heavy atom. The Kier molecular flexibility index (Phi) is 5.66. The highest BCUT2D eigenvalue weighted by Gasteiger charge is 2.27. The van der Waals surface area contributed by atoms with Gasteiger partial charge in [0.25, 0.3) is 0 Å². The van der Waals surface area contributed by atoms with Crippen molar-refractivity contribution in [2.75, 3.05) is 0 Å². The van der Waals surface area contributed by atoms with Gasteiger partial charge >= 0.3 is 8.68 Å². The first kappa shape index (κ1) is 17.4. The molecule has 0 N–H and O–H groups in total. The topological polar surface area (TPSA) is 50.3 Å². The molecule has 2 heterocycles. The highest BCUT2D eigenvalue weighted by Crippen LogP contribution is 2.19. The summed E-state index contributed by atoms with van der Waals surface area (Å²) in [5.41, 5.74) is 5.07. The summed E-state index contributed by atoms with van der Waals surface area (Å²) in [6, 6.07) is 12.5. The van der Waals surface area contributed by atoms with Gasteiger partial charge in [0, 0.05) is 25.0 Å². The minimum Gasteiger partial charge on any atom is -0.383 e. The predicted octanol–water partition coefficient (Wildman–Crippen LogP) is 3.11. The first-order valence-corrected chi connectivity index (χ1v) is 10.3. The second-order valence-electron chi connectivity index (χ2n) is 6.32. The number of carbonyl (C=O) groups is 1. The van der Waals surface area contributed by atoms with E-state index in [4.69, 9.17) is 0 Å². The quantitative estimate of drug-likeness (QED) is 0.752. The minimum atomic E-state index is -1.69. The number of nitrogens with zero attached hydrogens (tertiary/aromatic N) is 2.